The number of carbonyl (C=O) groups excluding carboxylic acids is 1. The molecule has 3 fully saturated rings. The van der Waals surface area contributed by atoms with Crippen LogP contribution in [-0.2, 0) is 9.53 Å². The first-order valence-electron chi connectivity index (χ1n) is 9.24. The van der Waals surface area contributed by atoms with Crippen molar-refractivity contribution in [1.82, 2.24) is 10.6 Å². The van der Waals surface area contributed by atoms with Gasteiger partial charge in [-0.05, 0) is 44.1 Å². The Hall–Kier alpha value is -0.610. The number of ether oxygens (including phenoxy) is 1. The van der Waals surface area contributed by atoms with Crippen molar-refractivity contribution in [3.8, 4) is 0 Å². The molecule has 2 N–H and O–H groups in total. The zero-order valence-electron chi connectivity index (χ0n) is 14.2. The molecule has 2 unspecified atom stereocenters. The van der Waals surface area contributed by atoms with E-state index in [2.05, 4.69) is 24.5 Å². The fourth-order valence-electron chi connectivity index (χ4n) is 4.91. The number of rotatable bonds is 4. The lowest BCUT2D eigenvalue weighted by atomic mass is 9.67. The number of hydrogen-bond donors (Lipinski definition) is 2. The Morgan fingerprint density at radius 3 is 3.00 bits per heavy atom. The molecule has 4 heteroatoms. The highest BCUT2D eigenvalue weighted by Crippen LogP contribution is 2.44. The molecule has 0 aromatic heterocycles. The summed E-state index contributed by atoms with van der Waals surface area (Å²) in [5, 5.41) is 6.78. The summed E-state index contributed by atoms with van der Waals surface area (Å²) in [5.41, 5.74) is -0.124. The Morgan fingerprint density at radius 2 is 2.18 bits per heavy atom. The van der Waals surface area contributed by atoms with Crippen molar-refractivity contribution in [2.45, 2.75) is 58.5 Å². The smallest absolute Gasteiger partial charge is 0.227 e. The third-order valence-electron chi connectivity index (χ3n) is 6.17. The molecule has 1 saturated carbocycles. The second-order valence-electron chi connectivity index (χ2n) is 7.92. The predicted molar refractivity (Wildman–Crippen MR) is 87.6 cm³/mol. The molecule has 4 atom stereocenters. The lowest BCUT2D eigenvalue weighted by molar-refractivity contribution is -0.135. The highest BCUT2D eigenvalue weighted by Gasteiger charge is 2.49. The molecule has 3 rings (SSSR count). The molecule has 1 amide bonds. The second-order valence-corrected chi connectivity index (χ2v) is 7.92. The van der Waals surface area contributed by atoms with Gasteiger partial charge >= 0.3 is 0 Å². The standard InChI is InChI=1S/C18H32N2O2/c1-13(2)16-14(6-5-9-22-16)10-20-17(21)18-8-4-3-7-15(18)11-19-12-18/h13-16,19H,3-12H2,1-2H3,(H,20,21)/t14?,15-,16?,18+/m0/s1. The van der Waals surface area contributed by atoms with Gasteiger partial charge in [0.15, 0.2) is 0 Å². The van der Waals surface area contributed by atoms with Gasteiger partial charge in [0.1, 0.15) is 0 Å². The summed E-state index contributed by atoms with van der Waals surface area (Å²) in [6.07, 6.45) is 7.36. The van der Waals surface area contributed by atoms with Gasteiger partial charge < -0.3 is 15.4 Å². The molecule has 22 heavy (non-hydrogen) atoms. The Labute approximate surface area is 134 Å². The molecule has 2 saturated heterocycles. The van der Waals surface area contributed by atoms with E-state index in [1.165, 1.54) is 25.7 Å². The summed E-state index contributed by atoms with van der Waals surface area (Å²) in [4.78, 5) is 12.9. The second kappa shape index (κ2) is 6.88. The van der Waals surface area contributed by atoms with Gasteiger partial charge in [-0.2, -0.15) is 0 Å². The molecule has 0 aromatic rings. The maximum Gasteiger partial charge on any atom is 0.227 e. The van der Waals surface area contributed by atoms with Crippen LogP contribution in [0.1, 0.15) is 52.4 Å². The minimum atomic E-state index is -0.124. The molecule has 0 spiro atoms. The van der Waals surface area contributed by atoms with E-state index in [1.54, 1.807) is 0 Å². The quantitative estimate of drug-likeness (QED) is 0.838. The van der Waals surface area contributed by atoms with Crippen molar-refractivity contribution in [3.05, 3.63) is 0 Å². The van der Waals surface area contributed by atoms with Gasteiger partial charge in [0.2, 0.25) is 5.91 Å². The Balaban J connectivity index is 1.59. The van der Waals surface area contributed by atoms with Crippen LogP contribution in [-0.4, -0.2) is 38.3 Å². The molecule has 3 aliphatic rings. The molecule has 0 aromatic carbocycles. The summed E-state index contributed by atoms with van der Waals surface area (Å²) >= 11 is 0. The summed E-state index contributed by atoms with van der Waals surface area (Å²) in [7, 11) is 0. The van der Waals surface area contributed by atoms with Crippen molar-refractivity contribution >= 4 is 5.91 Å². The summed E-state index contributed by atoms with van der Waals surface area (Å²) in [6.45, 7) is 8.01. The van der Waals surface area contributed by atoms with Crippen LogP contribution in [0.3, 0.4) is 0 Å². The van der Waals surface area contributed by atoms with E-state index in [1.807, 2.05) is 0 Å². The van der Waals surface area contributed by atoms with Crippen molar-refractivity contribution in [3.63, 3.8) is 0 Å². The topological polar surface area (TPSA) is 50.4 Å². The lowest BCUT2D eigenvalue weighted by Gasteiger charge is -2.39. The largest absolute Gasteiger partial charge is 0.378 e. The van der Waals surface area contributed by atoms with Crippen molar-refractivity contribution in [1.29, 1.82) is 0 Å². The highest BCUT2D eigenvalue weighted by atomic mass is 16.5. The Morgan fingerprint density at radius 1 is 1.32 bits per heavy atom. The number of fused-ring (bicyclic) bond motifs is 1. The van der Waals surface area contributed by atoms with E-state index >= 15 is 0 Å². The van der Waals surface area contributed by atoms with Crippen LogP contribution in [0.2, 0.25) is 0 Å². The molecule has 0 radical (unpaired) electrons. The monoisotopic (exact) mass is 308 g/mol. The SMILES string of the molecule is CC(C)C1OCCCC1CNC(=O)[C@@]12CCCC[C@H]1CNC2. The zero-order chi connectivity index (χ0) is 15.6. The molecule has 4 nitrogen and oxygen atoms in total. The number of carbonyl (C=O) groups is 1. The summed E-state index contributed by atoms with van der Waals surface area (Å²) in [6, 6.07) is 0. The Kier molecular flexibility index (Phi) is 5.08. The van der Waals surface area contributed by atoms with Crippen LogP contribution < -0.4 is 10.6 Å². The van der Waals surface area contributed by atoms with Crippen LogP contribution in [0.4, 0.5) is 0 Å². The van der Waals surface area contributed by atoms with E-state index in [-0.39, 0.29) is 5.41 Å². The van der Waals surface area contributed by atoms with E-state index < -0.39 is 0 Å². The van der Waals surface area contributed by atoms with Crippen LogP contribution in [0.15, 0.2) is 0 Å². The highest BCUT2D eigenvalue weighted by molar-refractivity contribution is 5.83. The maximum atomic E-state index is 12.9. The van der Waals surface area contributed by atoms with Gasteiger partial charge in [0.05, 0.1) is 11.5 Å². The Bertz CT molecular complexity index is 399. The minimum Gasteiger partial charge on any atom is -0.378 e. The predicted octanol–water partition coefficient (Wildman–Crippen LogP) is 2.33. The molecule has 2 heterocycles. The molecule has 2 aliphatic heterocycles. The first kappa shape index (κ1) is 16.3. The first-order chi connectivity index (χ1) is 10.6. The molecule has 0 bridgehead atoms. The van der Waals surface area contributed by atoms with Crippen molar-refractivity contribution in [2.75, 3.05) is 26.2 Å². The maximum absolute atomic E-state index is 12.9. The summed E-state index contributed by atoms with van der Waals surface area (Å²) < 4.78 is 5.95. The number of amides is 1. The van der Waals surface area contributed by atoms with E-state index in [0.29, 0.717) is 29.8 Å². The number of hydrogen-bond acceptors (Lipinski definition) is 3. The van der Waals surface area contributed by atoms with Gasteiger partial charge in [0.25, 0.3) is 0 Å². The van der Waals surface area contributed by atoms with E-state index in [4.69, 9.17) is 4.74 Å². The fourth-order valence-corrected chi connectivity index (χ4v) is 4.91. The average Bonchev–Trinajstić information content (AvgIpc) is 2.98. The normalized spacial score (nSPS) is 38.8. The van der Waals surface area contributed by atoms with E-state index in [0.717, 1.165) is 39.1 Å². The van der Waals surface area contributed by atoms with Crippen LogP contribution in [0.25, 0.3) is 0 Å². The van der Waals surface area contributed by atoms with Gasteiger partial charge in [-0.25, -0.2) is 0 Å². The van der Waals surface area contributed by atoms with Crippen LogP contribution in [0.5, 0.6) is 0 Å². The van der Waals surface area contributed by atoms with Crippen molar-refractivity contribution in [2.24, 2.45) is 23.2 Å². The van der Waals surface area contributed by atoms with Gasteiger partial charge in [-0.1, -0.05) is 26.7 Å². The molecular formula is C18H32N2O2. The zero-order valence-corrected chi connectivity index (χ0v) is 14.2. The first-order valence-corrected chi connectivity index (χ1v) is 9.24. The fraction of sp³-hybridized carbons (Fsp3) is 0.944. The number of nitrogens with one attached hydrogen (secondary N) is 2. The van der Waals surface area contributed by atoms with E-state index in [9.17, 15) is 4.79 Å². The van der Waals surface area contributed by atoms with Gasteiger partial charge in [-0.15, -0.1) is 0 Å². The third-order valence-corrected chi connectivity index (χ3v) is 6.17. The van der Waals surface area contributed by atoms with Crippen molar-refractivity contribution < 1.29 is 9.53 Å². The third kappa shape index (κ3) is 3.05. The van der Waals surface area contributed by atoms with Crippen LogP contribution in [0, 0.1) is 23.2 Å². The van der Waals surface area contributed by atoms with Crippen LogP contribution >= 0.6 is 0 Å². The summed E-state index contributed by atoms with van der Waals surface area (Å²) in [5.74, 6) is 1.85. The molecular weight excluding hydrogens is 276 g/mol. The van der Waals surface area contributed by atoms with Gasteiger partial charge in [-0.3, -0.25) is 4.79 Å². The van der Waals surface area contributed by atoms with Gasteiger partial charge in [0, 0.05) is 25.6 Å². The molecule has 1 aliphatic carbocycles. The lowest BCUT2D eigenvalue weighted by Crippen LogP contribution is -2.50. The molecule has 126 valence electrons. The average molecular weight is 308 g/mol. The minimum absolute atomic E-state index is 0.124.